The van der Waals surface area contributed by atoms with Gasteiger partial charge in [-0.15, -0.1) is 0 Å². The summed E-state index contributed by atoms with van der Waals surface area (Å²) in [6, 6.07) is 11.4. The van der Waals surface area contributed by atoms with Gasteiger partial charge in [0, 0.05) is 29.9 Å². The molecule has 2 aromatic rings. The van der Waals surface area contributed by atoms with Crippen molar-refractivity contribution in [3.63, 3.8) is 0 Å². The lowest BCUT2D eigenvalue weighted by atomic mass is 10.3. The van der Waals surface area contributed by atoms with Crippen molar-refractivity contribution in [2.45, 2.75) is 12.5 Å². The monoisotopic (exact) mass is 308 g/mol. The number of rotatable bonds is 3. The molecule has 5 heteroatoms. The van der Waals surface area contributed by atoms with E-state index in [0.29, 0.717) is 10.2 Å². The van der Waals surface area contributed by atoms with Crippen molar-refractivity contribution in [3.05, 3.63) is 52.8 Å². The van der Waals surface area contributed by atoms with Crippen LogP contribution in [-0.4, -0.2) is 24.2 Å². The maximum atomic E-state index is 5.96. The molecule has 0 saturated carbocycles. The van der Waals surface area contributed by atoms with Gasteiger partial charge in [0.15, 0.2) is 0 Å². The molecule has 1 saturated heterocycles. The maximum Gasteiger partial charge on any atom is 0.131 e. The lowest BCUT2D eigenvalue weighted by molar-refractivity contribution is 0.225. The summed E-state index contributed by atoms with van der Waals surface area (Å²) in [5, 5.41) is 1.21. The highest BCUT2D eigenvalue weighted by Crippen LogP contribution is 2.25. The molecule has 3 nitrogen and oxygen atoms in total. The first-order valence-corrected chi connectivity index (χ1v) is 7.25. The van der Waals surface area contributed by atoms with Gasteiger partial charge >= 0.3 is 0 Å². The van der Waals surface area contributed by atoms with Crippen LogP contribution in [0.3, 0.4) is 0 Å². The number of ether oxygens (including phenoxy) is 1. The number of pyridine rings is 1. The van der Waals surface area contributed by atoms with E-state index in [9.17, 15) is 0 Å². The largest absolute Gasteiger partial charge is 0.488 e. The number of hydrogen-bond acceptors (Lipinski definition) is 3. The van der Waals surface area contributed by atoms with Gasteiger partial charge in [0.05, 0.1) is 6.54 Å². The quantitative estimate of drug-likeness (QED) is 0.800. The minimum Gasteiger partial charge on any atom is -0.488 e. The van der Waals surface area contributed by atoms with Crippen LogP contribution in [0.25, 0.3) is 0 Å². The van der Waals surface area contributed by atoms with Crippen LogP contribution >= 0.6 is 23.2 Å². The molecule has 1 unspecified atom stereocenters. The fourth-order valence-corrected chi connectivity index (χ4v) is 2.73. The van der Waals surface area contributed by atoms with Gasteiger partial charge in [-0.1, -0.05) is 29.3 Å². The van der Waals surface area contributed by atoms with E-state index in [1.807, 2.05) is 36.4 Å². The number of benzene rings is 1. The Hall–Kier alpha value is -1.45. The molecule has 104 valence electrons. The average Bonchev–Trinajstić information content (AvgIpc) is 2.87. The summed E-state index contributed by atoms with van der Waals surface area (Å²) < 4.78 is 5.96. The Morgan fingerprint density at radius 1 is 1.20 bits per heavy atom. The predicted molar refractivity (Wildman–Crippen MR) is 81.9 cm³/mol. The number of aromatic nitrogens is 1. The van der Waals surface area contributed by atoms with E-state index in [-0.39, 0.29) is 6.10 Å². The van der Waals surface area contributed by atoms with Crippen molar-refractivity contribution in [2.24, 2.45) is 0 Å². The number of halogens is 2. The van der Waals surface area contributed by atoms with Crippen LogP contribution in [0.4, 0.5) is 5.69 Å². The van der Waals surface area contributed by atoms with Crippen LogP contribution in [0.2, 0.25) is 10.2 Å². The Bertz CT molecular complexity index is 606. The third kappa shape index (κ3) is 3.17. The topological polar surface area (TPSA) is 25.4 Å². The molecule has 2 heterocycles. The molecule has 1 atom stereocenters. The van der Waals surface area contributed by atoms with Gasteiger partial charge in [0.1, 0.15) is 17.0 Å². The normalized spacial score (nSPS) is 18.3. The molecule has 1 aliphatic rings. The Kier molecular flexibility index (Phi) is 3.99. The molecule has 3 rings (SSSR count). The fraction of sp³-hybridized carbons (Fsp3) is 0.267. The van der Waals surface area contributed by atoms with E-state index in [2.05, 4.69) is 9.88 Å². The van der Waals surface area contributed by atoms with E-state index in [1.54, 1.807) is 6.20 Å². The number of nitrogens with zero attached hydrogens (tertiary/aromatic N) is 2. The van der Waals surface area contributed by atoms with Gasteiger partial charge in [0.2, 0.25) is 0 Å². The van der Waals surface area contributed by atoms with Crippen LogP contribution < -0.4 is 9.64 Å². The molecule has 0 spiro atoms. The van der Waals surface area contributed by atoms with Gasteiger partial charge in [-0.3, -0.25) is 0 Å². The van der Waals surface area contributed by atoms with Gasteiger partial charge in [0.25, 0.3) is 0 Å². The standard InChI is InChI=1S/C15H14Cl2N2O/c16-11-2-1-3-13(8-11)20-14-5-7-19(10-14)12-4-6-18-15(17)9-12/h1-4,6,8-9,14H,5,7,10H2. The summed E-state index contributed by atoms with van der Waals surface area (Å²) in [6.45, 7) is 1.79. The zero-order chi connectivity index (χ0) is 13.9. The molecule has 1 aromatic heterocycles. The van der Waals surface area contributed by atoms with Gasteiger partial charge in [-0.05, 0) is 30.3 Å². The maximum absolute atomic E-state index is 5.96. The first-order chi connectivity index (χ1) is 9.70. The third-order valence-electron chi connectivity index (χ3n) is 3.32. The van der Waals surface area contributed by atoms with E-state index in [4.69, 9.17) is 27.9 Å². The summed E-state index contributed by atoms with van der Waals surface area (Å²) in [5.41, 5.74) is 1.09. The molecule has 0 aliphatic carbocycles. The minimum atomic E-state index is 0.167. The van der Waals surface area contributed by atoms with Crippen molar-refractivity contribution >= 4 is 28.9 Å². The van der Waals surface area contributed by atoms with Crippen LogP contribution in [0, 0.1) is 0 Å². The zero-order valence-corrected chi connectivity index (χ0v) is 12.3. The molecule has 0 N–H and O–H groups in total. The molecule has 0 bridgehead atoms. The SMILES string of the molecule is Clc1cccc(OC2CCN(c3ccnc(Cl)c3)C2)c1. The Balaban J connectivity index is 1.65. The smallest absolute Gasteiger partial charge is 0.131 e. The summed E-state index contributed by atoms with van der Waals surface area (Å²) in [4.78, 5) is 6.25. The van der Waals surface area contributed by atoms with Gasteiger partial charge < -0.3 is 9.64 Å². The second kappa shape index (κ2) is 5.90. The van der Waals surface area contributed by atoms with Crippen molar-refractivity contribution in [1.82, 2.24) is 4.98 Å². The molecule has 0 radical (unpaired) electrons. The van der Waals surface area contributed by atoms with Crippen molar-refractivity contribution in [3.8, 4) is 5.75 Å². The van der Waals surface area contributed by atoms with Crippen molar-refractivity contribution in [1.29, 1.82) is 0 Å². The fourth-order valence-electron chi connectivity index (χ4n) is 2.38. The second-order valence-electron chi connectivity index (χ2n) is 4.77. The first-order valence-electron chi connectivity index (χ1n) is 6.49. The van der Waals surface area contributed by atoms with Crippen LogP contribution in [-0.2, 0) is 0 Å². The van der Waals surface area contributed by atoms with Crippen LogP contribution in [0.15, 0.2) is 42.6 Å². The number of hydrogen-bond donors (Lipinski definition) is 0. The minimum absolute atomic E-state index is 0.167. The molecule has 1 aliphatic heterocycles. The predicted octanol–water partition coefficient (Wildman–Crippen LogP) is 4.05. The average molecular weight is 309 g/mol. The zero-order valence-electron chi connectivity index (χ0n) is 10.8. The lowest BCUT2D eigenvalue weighted by Crippen LogP contribution is -2.24. The Morgan fingerprint density at radius 2 is 2.10 bits per heavy atom. The molecule has 20 heavy (non-hydrogen) atoms. The van der Waals surface area contributed by atoms with Crippen LogP contribution in [0.5, 0.6) is 5.75 Å². The lowest BCUT2D eigenvalue weighted by Gasteiger charge is -2.19. The van der Waals surface area contributed by atoms with Crippen LogP contribution in [0.1, 0.15) is 6.42 Å². The van der Waals surface area contributed by atoms with Gasteiger partial charge in [-0.2, -0.15) is 0 Å². The third-order valence-corrected chi connectivity index (χ3v) is 3.76. The Labute approximate surface area is 128 Å². The highest BCUT2D eigenvalue weighted by molar-refractivity contribution is 6.30. The van der Waals surface area contributed by atoms with E-state index in [0.717, 1.165) is 30.9 Å². The molecule has 0 amide bonds. The number of anilines is 1. The summed E-state index contributed by atoms with van der Waals surface area (Å²) in [5.74, 6) is 0.817. The summed E-state index contributed by atoms with van der Waals surface area (Å²) in [7, 11) is 0. The highest BCUT2D eigenvalue weighted by Gasteiger charge is 2.24. The Morgan fingerprint density at radius 3 is 2.90 bits per heavy atom. The van der Waals surface area contributed by atoms with E-state index < -0.39 is 0 Å². The molecule has 1 fully saturated rings. The molecular formula is C15H14Cl2N2O. The summed E-state index contributed by atoms with van der Waals surface area (Å²) >= 11 is 11.9. The van der Waals surface area contributed by atoms with Crippen molar-refractivity contribution in [2.75, 3.05) is 18.0 Å². The first kappa shape index (κ1) is 13.5. The van der Waals surface area contributed by atoms with Gasteiger partial charge in [-0.25, -0.2) is 4.98 Å². The second-order valence-corrected chi connectivity index (χ2v) is 5.59. The van der Waals surface area contributed by atoms with E-state index in [1.165, 1.54) is 0 Å². The molecular weight excluding hydrogens is 295 g/mol. The highest BCUT2D eigenvalue weighted by atomic mass is 35.5. The van der Waals surface area contributed by atoms with E-state index >= 15 is 0 Å². The summed E-state index contributed by atoms with van der Waals surface area (Å²) in [6.07, 6.45) is 2.87. The van der Waals surface area contributed by atoms with Crippen molar-refractivity contribution < 1.29 is 4.74 Å². The molecule has 1 aromatic carbocycles.